The van der Waals surface area contributed by atoms with Crippen LogP contribution in [0.25, 0.3) is 0 Å². The second kappa shape index (κ2) is 2.46. The topological polar surface area (TPSA) is 12.5 Å². The molecule has 0 N–H and O–H groups in total. The molecule has 2 saturated heterocycles. The highest BCUT2D eigenvalue weighted by Crippen LogP contribution is 2.38. The van der Waals surface area contributed by atoms with Crippen LogP contribution in [0, 0.1) is 5.41 Å². The Morgan fingerprint density at radius 1 is 1.36 bits per heavy atom. The van der Waals surface area contributed by atoms with E-state index in [1.165, 1.54) is 19.5 Å². The van der Waals surface area contributed by atoms with Crippen molar-refractivity contribution in [1.82, 2.24) is 4.90 Å². The average Bonchev–Trinajstić information content (AvgIpc) is 2.29. The molecule has 0 amide bonds. The van der Waals surface area contributed by atoms with E-state index in [2.05, 4.69) is 18.7 Å². The summed E-state index contributed by atoms with van der Waals surface area (Å²) in [5, 5.41) is 0. The van der Waals surface area contributed by atoms with Gasteiger partial charge in [0.05, 0.1) is 6.61 Å². The summed E-state index contributed by atoms with van der Waals surface area (Å²) in [6.07, 6.45) is 1.29. The second-order valence-corrected chi connectivity index (χ2v) is 4.30. The molecule has 0 radical (unpaired) electrons. The number of nitrogens with zero attached hydrogens (tertiary/aromatic N) is 1. The SMILES string of the molecule is CC(C)N1CC2(CCOC2)C1. The van der Waals surface area contributed by atoms with Crippen molar-refractivity contribution in [3.8, 4) is 0 Å². The fourth-order valence-corrected chi connectivity index (χ4v) is 2.08. The fourth-order valence-electron chi connectivity index (χ4n) is 2.08. The largest absolute Gasteiger partial charge is 0.381 e. The van der Waals surface area contributed by atoms with Crippen LogP contribution < -0.4 is 0 Å². The molecule has 11 heavy (non-hydrogen) atoms. The normalized spacial score (nSPS) is 29.7. The molecule has 2 aliphatic rings. The monoisotopic (exact) mass is 155 g/mol. The highest BCUT2D eigenvalue weighted by atomic mass is 16.5. The lowest BCUT2D eigenvalue weighted by Crippen LogP contribution is -2.58. The minimum Gasteiger partial charge on any atom is -0.381 e. The first kappa shape index (κ1) is 7.56. The highest BCUT2D eigenvalue weighted by molar-refractivity contribution is 4.98. The Kier molecular flexibility index (Phi) is 1.69. The zero-order chi connectivity index (χ0) is 7.90. The number of ether oxygens (including phenoxy) is 1. The quantitative estimate of drug-likeness (QED) is 0.562. The number of rotatable bonds is 1. The molecule has 2 rings (SSSR count). The predicted molar refractivity (Wildman–Crippen MR) is 44.6 cm³/mol. The molecule has 0 bridgehead atoms. The summed E-state index contributed by atoms with van der Waals surface area (Å²) in [4.78, 5) is 2.52. The van der Waals surface area contributed by atoms with Crippen molar-refractivity contribution in [2.24, 2.45) is 5.41 Å². The molecule has 2 aliphatic heterocycles. The van der Waals surface area contributed by atoms with Gasteiger partial charge >= 0.3 is 0 Å². The zero-order valence-corrected chi connectivity index (χ0v) is 7.47. The molecular weight excluding hydrogens is 138 g/mol. The van der Waals surface area contributed by atoms with Crippen LogP contribution in [-0.2, 0) is 4.74 Å². The summed E-state index contributed by atoms with van der Waals surface area (Å²) in [5.41, 5.74) is 0.574. The van der Waals surface area contributed by atoms with Crippen molar-refractivity contribution < 1.29 is 4.74 Å². The van der Waals surface area contributed by atoms with E-state index >= 15 is 0 Å². The number of hydrogen-bond donors (Lipinski definition) is 0. The maximum absolute atomic E-state index is 5.40. The smallest absolute Gasteiger partial charge is 0.0547 e. The summed E-state index contributed by atoms with van der Waals surface area (Å²) in [5.74, 6) is 0. The van der Waals surface area contributed by atoms with Gasteiger partial charge in [-0.2, -0.15) is 0 Å². The van der Waals surface area contributed by atoms with Gasteiger partial charge in [0, 0.05) is 31.2 Å². The Morgan fingerprint density at radius 2 is 2.09 bits per heavy atom. The van der Waals surface area contributed by atoms with Crippen molar-refractivity contribution in [1.29, 1.82) is 0 Å². The van der Waals surface area contributed by atoms with E-state index in [9.17, 15) is 0 Å². The third kappa shape index (κ3) is 1.18. The lowest BCUT2D eigenvalue weighted by atomic mass is 9.78. The molecule has 0 atom stereocenters. The lowest BCUT2D eigenvalue weighted by molar-refractivity contribution is -0.0265. The van der Waals surface area contributed by atoms with Gasteiger partial charge in [-0.1, -0.05) is 0 Å². The molecule has 0 aromatic carbocycles. The Hall–Kier alpha value is -0.0800. The Bertz CT molecular complexity index is 142. The first-order valence-electron chi connectivity index (χ1n) is 4.54. The third-order valence-corrected chi connectivity index (χ3v) is 2.99. The van der Waals surface area contributed by atoms with Crippen LogP contribution in [-0.4, -0.2) is 37.2 Å². The van der Waals surface area contributed by atoms with Crippen LogP contribution in [0.15, 0.2) is 0 Å². The van der Waals surface area contributed by atoms with Gasteiger partial charge in [-0.3, -0.25) is 4.90 Å². The van der Waals surface area contributed by atoms with Crippen LogP contribution in [0.2, 0.25) is 0 Å². The summed E-state index contributed by atoms with van der Waals surface area (Å²) >= 11 is 0. The second-order valence-electron chi connectivity index (χ2n) is 4.30. The Morgan fingerprint density at radius 3 is 2.55 bits per heavy atom. The maximum Gasteiger partial charge on any atom is 0.0547 e. The first-order valence-corrected chi connectivity index (χ1v) is 4.54. The van der Waals surface area contributed by atoms with Gasteiger partial charge in [0.2, 0.25) is 0 Å². The van der Waals surface area contributed by atoms with E-state index in [1.807, 2.05) is 0 Å². The summed E-state index contributed by atoms with van der Waals surface area (Å²) in [7, 11) is 0. The van der Waals surface area contributed by atoms with Crippen LogP contribution in [0.1, 0.15) is 20.3 Å². The van der Waals surface area contributed by atoms with Crippen LogP contribution >= 0.6 is 0 Å². The molecule has 0 unspecified atom stereocenters. The van der Waals surface area contributed by atoms with Crippen molar-refractivity contribution in [2.45, 2.75) is 26.3 Å². The first-order chi connectivity index (χ1) is 5.22. The van der Waals surface area contributed by atoms with Gasteiger partial charge < -0.3 is 4.74 Å². The molecule has 0 aromatic rings. The molecule has 2 fully saturated rings. The van der Waals surface area contributed by atoms with Gasteiger partial charge in [-0.25, -0.2) is 0 Å². The number of likely N-dealkylation sites (tertiary alicyclic amines) is 1. The van der Waals surface area contributed by atoms with Gasteiger partial charge in [-0.05, 0) is 20.3 Å². The molecule has 64 valence electrons. The summed E-state index contributed by atoms with van der Waals surface area (Å²) in [6, 6.07) is 0.723. The molecule has 1 spiro atoms. The average molecular weight is 155 g/mol. The summed E-state index contributed by atoms with van der Waals surface area (Å²) < 4.78 is 5.40. The van der Waals surface area contributed by atoms with Crippen molar-refractivity contribution in [2.75, 3.05) is 26.3 Å². The van der Waals surface area contributed by atoms with E-state index in [1.54, 1.807) is 0 Å². The molecule has 2 nitrogen and oxygen atoms in total. The zero-order valence-electron chi connectivity index (χ0n) is 7.47. The van der Waals surface area contributed by atoms with Gasteiger partial charge in [0.25, 0.3) is 0 Å². The molecular formula is C9H17NO. The van der Waals surface area contributed by atoms with Crippen LogP contribution in [0.5, 0.6) is 0 Å². The van der Waals surface area contributed by atoms with Crippen molar-refractivity contribution in [3.05, 3.63) is 0 Å². The summed E-state index contributed by atoms with van der Waals surface area (Å²) in [6.45, 7) is 9.07. The van der Waals surface area contributed by atoms with Crippen molar-refractivity contribution >= 4 is 0 Å². The van der Waals surface area contributed by atoms with E-state index in [0.717, 1.165) is 19.3 Å². The van der Waals surface area contributed by atoms with Crippen molar-refractivity contribution in [3.63, 3.8) is 0 Å². The molecule has 0 aliphatic carbocycles. The molecule has 0 aromatic heterocycles. The molecule has 0 saturated carbocycles. The van der Waals surface area contributed by atoms with Gasteiger partial charge in [0.1, 0.15) is 0 Å². The third-order valence-electron chi connectivity index (χ3n) is 2.99. The van der Waals surface area contributed by atoms with E-state index < -0.39 is 0 Å². The molecule has 2 heterocycles. The predicted octanol–water partition coefficient (Wildman–Crippen LogP) is 1.12. The fraction of sp³-hybridized carbons (Fsp3) is 1.00. The van der Waals surface area contributed by atoms with Gasteiger partial charge in [0.15, 0.2) is 0 Å². The molecule has 2 heteroatoms. The van der Waals surface area contributed by atoms with E-state index in [0.29, 0.717) is 5.41 Å². The Balaban J connectivity index is 1.86. The Labute approximate surface area is 68.5 Å². The standard InChI is InChI=1S/C9H17NO/c1-8(2)10-5-9(6-10)3-4-11-7-9/h8H,3-7H2,1-2H3. The van der Waals surface area contributed by atoms with E-state index in [-0.39, 0.29) is 0 Å². The number of hydrogen-bond acceptors (Lipinski definition) is 2. The van der Waals surface area contributed by atoms with E-state index in [4.69, 9.17) is 4.74 Å². The van der Waals surface area contributed by atoms with Crippen LogP contribution in [0.4, 0.5) is 0 Å². The van der Waals surface area contributed by atoms with Crippen LogP contribution in [0.3, 0.4) is 0 Å². The highest BCUT2D eigenvalue weighted by Gasteiger charge is 2.46. The lowest BCUT2D eigenvalue weighted by Gasteiger charge is -2.49. The minimum atomic E-state index is 0.574. The minimum absolute atomic E-state index is 0.574. The maximum atomic E-state index is 5.40. The van der Waals surface area contributed by atoms with Gasteiger partial charge in [-0.15, -0.1) is 0 Å².